The predicted octanol–water partition coefficient (Wildman–Crippen LogP) is 17.3. The van der Waals surface area contributed by atoms with Gasteiger partial charge in [-0.1, -0.05) is 219 Å². The van der Waals surface area contributed by atoms with Gasteiger partial charge in [-0.25, -0.2) is 0 Å². The fourth-order valence-corrected chi connectivity index (χ4v) is 6.62. The van der Waals surface area contributed by atoms with Gasteiger partial charge in [0.2, 0.25) is 0 Å². The molecule has 1 unspecified atom stereocenters. The van der Waals surface area contributed by atoms with Gasteiger partial charge < -0.3 is 14.2 Å². The van der Waals surface area contributed by atoms with Crippen LogP contribution in [0.3, 0.4) is 0 Å². The summed E-state index contributed by atoms with van der Waals surface area (Å²) in [5.74, 6) is -0.963. The second-order valence-electron chi connectivity index (χ2n) is 16.8. The second-order valence-corrected chi connectivity index (χ2v) is 16.8. The Morgan fingerprint density at radius 3 is 1.15 bits per heavy atom. The van der Waals surface area contributed by atoms with Crippen LogP contribution in [-0.2, 0) is 28.6 Å². The summed E-state index contributed by atoms with van der Waals surface area (Å²) in [6.45, 7) is 6.33. The first-order valence-corrected chi connectivity index (χ1v) is 26.1. The highest BCUT2D eigenvalue weighted by Gasteiger charge is 2.19. The van der Waals surface area contributed by atoms with Crippen molar-refractivity contribution in [3.8, 4) is 0 Å². The Morgan fingerprint density at radius 1 is 0.338 bits per heavy atom. The predicted molar refractivity (Wildman–Crippen MR) is 279 cm³/mol. The molecule has 0 radical (unpaired) electrons. The molecule has 1 atom stereocenters. The average molecular weight is 899 g/mol. The molecule has 0 bridgehead atoms. The van der Waals surface area contributed by atoms with Crippen LogP contribution in [0.5, 0.6) is 0 Å². The summed E-state index contributed by atoms with van der Waals surface area (Å²) in [5, 5.41) is 0. The van der Waals surface area contributed by atoms with Gasteiger partial charge in [0.25, 0.3) is 0 Å². The lowest BCUT2D eigenvalue weighted by molar-refractivity contribution is -0.167. The van der Waals surface area contributed by atoms with Crippen LogP contribution < -0.4 is 0 Å². The molecule has 0 aliphatic carbocycles. The van der Waals surface area contributed by atoms with Crippen molar-refractivity contribution in [3.05, 3.63) is 122 Å². The highest BCUT2D eigenvalue weighted by atomic mass is 16.6. The number of rotatable bonds is 45. The molecule has 6 heteroatoms. The van der Waals surface area contributed by atoms with E-state index < -0.39 is 6.10 Å². The average Bonchev–Trinajstić information content (AvgIpc) is 3.30. The Balaban J connectivity index is 4.46. The van der Waals surface area contributed by atoms with Crippen LogP contribution in [-0.4, -0.2) is 37.2 Å². The fraction of sp³-hybridized carbons (Fsp3) is 0.610. The van der Waals surface area contributed by atoms with Crippen molar-refractivity contribution in [2.75, 3.05) is 13.2 Å². The highest BCUT2D eigenvalue weighted by molar-refractivity contribution is 5.71. The molecule has 0 rings (SSSR count). The summed E-state index contributed by atoms with van der Waals surface area (Å²) < 4.78 is 16.7. The van der Waals surface area contributed by atoms with Crippen molar-refractivity contribution in [1.29, 1.82) is 0 Å². The van der Waals surface area contributed by atoms with Crippen molar-refractivity contribution in [1.82, 2.24) is 0 Å². The van der Waals surface area contributed by atoms with Gasteiger partial charge in [-0.3, -0.25) is 14.4 Å². The lowest BCUT2D eigenvalue weighted by Crippen LogP contribution is -2.30. The summed E-state index contributed by atoms with van der Waals surface area (Å²) in [5.41, 5.74) is 0. The summed E-state index contributed by atoms with van der Waals surface area (Å²) in [4.78, 5) is 38.0. The third-order valence-corrected chi connectivity index (χ3v) is 10.5. The molecule has 0 saturated heterocycles. The van der Waals surface area contributed by atoms with Gasteiger partial charge in [0.15, 0.2) is 6.10 Å². The molecular formula is C59H94O6. The highest BCUT2D eigenvalue weighted by Crippen LogP contribution is 2.13. The minimum atomic E-state index is -0.805. The number of allylic oxidation sites excluding steroid dienone is 20. The molecule has 0 aromatic heterocycles. The summed E-state index contributed by atoms with van der Waals surface area (Å²) in [7, 11) is 0. The first-order valence-electron chi connectivity index (χ1n) is 26.1. The Bertz CT molecular complexity index is 1400. The molecule has 0 amide bonds. The van der Waals surface area contributed by atoms with Crippen molar-refractivity contribution < 1.29 is 28.6 Å². The molecule has 0 spiro atoms. The van der Waals surface area contributed by atoms with Crippen LogP contribution in [0.25, 0.3) is 0 Å². The minimum absolute atomic E-state index is 0.103. The number of esters is 3. The molecule has 0 aliphatic rings. The van der Waals surface area contributed by atoms with Gasteiger partial charge in [-0.15, -0.1) is 0 Å². The van der Waals surface area contributed by atoms with Crippen LogP contribution in [0.4, 0.5) is 0 Å². The maximum Gasteiger partial charge on any atom is 0.306 e. The number of hydrogen-bond acceptors (Lipinski definition) is 6. The first-order chi connectivity index (χ1) is 32.0. The van der Waals surface area contributed by atoms with Crippen molar-refractivity contribution in [3.63, 3.8) is 0 Å². The quantitative estimate of drug-likeness (QED) is 0.0199. The van der Waals surface area contributed by atoms with E-state index in [-0.39, 0.29) is 37.5 Å². The van der Waals surface area contributed by atoms with Crippen molar-refractivity contribution in [2.45, 2.75) is 219 Å². The Hall–Kier alpha value is -4.19. The maximum atomic E-state index is 12.8. The van der Waals surface area contributed by atoms with Gasteiger partial charge in [-0.05, 0) is 96.3 Å². The minimum Gasteiger partial charge on any atom is -0.462 e. The smallest absolute Gasteiger partial charge is 0.306 e. The Morgan fingerprint density at radius 2 is 0.692 bits per heavy atom. The molecule has 0 N–H and O–H groups in total. The van der Waals surface area contributed by atoms with Crippen LogP contribution in [0.15, 0.2) is 122 Å². The lowest BCUT2D eigenvalue weighted by atomic mass is 10.1. The lowest BCUT2D eigenvalue weighted by Gasteiger charge is -2.18. The van der Waals surface area contributed by atoms with Gasteiger partial charge in [-0.2, -0.15) is 0 Å². The van der Waals surface area contributed by atoms with E-state index in [4.69, 9.17) is 14.2 Å². The fourth-order valence-electron chi connectivity index (χ4n) is 6.62. The van der Waals surface area contributed by atoms with Crippen LogP contribution in [0.2, 0.25) is 0 Å². The molecule has 6 nitrogen and oxygen atoms in total. The van der Waals surface area contributed by atoms with Crippen molar-refractivity contribution in [2.24, 2.45) is 0 Å². The van der Waals surface area contributed by atoms with E-state index in [1.54, 1.807) is 0 Å². The zero-order chi connectivity index (χ0) is 47.2. The monoisotopic (exact) mass is 899 g/mol. The van der Waals surface area contributed by atoms with Gasteiger partial charge in [0.1, 0.15) is 13.2 Å². The van der Waals surface area contributed by atoms with Gasteiger partial charge >= 0.3 is 17.9 Å². The van der Waals surface area contributed by atoms with E-state index in [1.807, 2.05) is 36.5 Å². The normalized spacial score (nSPS) is 13.1. The van der Waals surface area contributed by atoms with Crippen LogP contribution in [0, 0.1) is 0 Å². The summed E-state index contributed by atoms with van der Waals surface area (Å²) in [6, 6.07) is 0. The molecule has 0 heterocycles. The molecule has 0 fully saturated rings. The standard InChI is InChI=1S/C59H94O6/c1-4-7-10-13-16-19-22-24-26-28-30-32-33-35-37-40-43-46-49-52-58(61)64-55-56(54-63-57(60)51-48-45-42-39-21-18-15-12-9-6-3)65-59(62)53-50-47-44-41-38-36-34-31-29-27-25-23-20-17-14-11-8-5-2/h7,10-11,14-20,23-27,29-32,34,56H,4-6,8-9,12-13,21-22,28,33,35-55H2,1-3H3/b10-7-,14-11-,18-15-,19-16-,20-17-,25-23-,26-24-,29-27-,32-30-,34-31-. The molecule has 0 saturated carbocycles. The number of carbonyl (C=O) groups excluding carboxylic acids is 3. The van der Waals surface area contributed by atoms with E-state index in [0.717, 1.165) is 141 Å². The van der Waals surface area contributed by atoms with E-state index in [0.29, 0.717) is 12.8 Å². The van der Waals surface area contributed by atoms with Gasteiger partial charge in [0.05, 0.1) is 0 Å². The zero-order valence-corrected chi connectivity index (χ0v) is 41.7. The Kier molecular flexibility index (Phi) is 49.1. The number of unbranched alkanes of at least 4 members (excludes halogenated alkanes) is 18. The maximum absolute atomic E-state index is 12.8. The Labute approximate surface area is 399 Å². The largest absolute Gasteiger partial charge is 0.462 e. The van der Waals surface area contributed by atoms with E-state index in [1.165, 1.54) is 32.1 Å². The SMILES string of the molecule is CC/C=C\C/C=C\C/C=C\C/C=C\CCCCCCCCC(=O)OCC(COC(=O)CCCCCC/C=C\CCCC)OC(=O)CCCCCCC\C=C/C=C\C=C/C=C\C=C/CCC. The van der Waals surface area contributed by atoms with E-state index in [9.17, 15) is 14.4 Å². The molecule has 65 heavy (non-hydrogen) atoms. The van der Waals surface area contributed by atoms with Gasteiger partial charge in [0, 0.05) is 19.3 Å². The molecule has 366 valence electrons. The van der Waals surface area contributed by atoms with Crippen LogP contribution >= 0.6 is 0 Å². The summed E-state index contributed by atoms with van der Waals surface area (Å²) >= 11 is 0. The zero-order valence-electron chi connectivity index (χ0n) is 41.7. The number of carbonyl (C=O) groups is 3. The third-order valence-electron chi connectivity index (χ3n) is 10.5. The second kappa shape index (κ2) is 52.4. The number of ether oxygens (including phenoxy) is 3. The third kappa shape index (κ3) is 50.7. The topological polar surface area (TPSA) is 78.9 Å². The first kappa shape index (κ1) is 60.8. The van der Waals surface area contributed by atoms with Crippen molar-refractivity contribution >= 4 is 17.9 Å². The van der Waals surface area contributed by atoms with E-state index in [2.05, 4.69) is 106 Å². The molecular weight excluding hydrogens is 805 g/mol. The molecule has 0 aliphatic heterocycles. The molecule has 0 aromatic rings. The number of hydrogen-bond donors (Lipinski definition) is 0. The molecule has 0 aromatic carbocycles. The van der Waals surface area contributed by atoms with Crippen LogP contribution in [0.1, 0.15) is 213 Å². The van der Waals surface area contributed by atoms with E-state index >= 15 is 0 Å². The summed E-state index contributed by atoms with van der Waals surface area (Å²) in [6.07, 6.45) is 71.7.